The number of fused-ring (bicyclic) bond motifs is 1. The molecule has 0 fully saturated rings. The Balaban J connectivity index is 2.16. The summed E-state index contributed by atoms with van der Waals surface area (Å²) < 4.78 is 22.7. The fraction of sp³-hybridized carbons (Fsp3) is 0.269. The van der Waals surface area contributed by atoms with Crippen molar-refractivity contribution < 1.29 is 28.8 Å². The van der Waals surface area contributed by atoms with Gasteiger partial charge >= 0.3 is 0 Å². The van der Waals surface area contributed by atoms with Crippen LogP contribution in [0.1, 0.15) is 27.7 Å². The Labute approximate surface area is 192 Å². The molecule has 7 nitrogen and oxygen atoms in total. The van der Waals surface area contributed by atoms with Gasteiger partial charge in [0.2, 0.25) is 16.9 Å². The second-order valence-corrected chi connectivity index (χ2v) is 7.95. The van der Waals surface area contributed by atoms with Gasteiger partial charge in [-0.15, -0.1) is 0 Å². The number of allylic oxidation sites excluding steroid dienone is 2. The topological polar surface area (TPSA) is 98.4 Å². The van der Waals surface area contributed by atoms with Crippen LogP contribution in [-0.4, -0.2) is 30.5 Å². The fourth-order valence-electron chi connectivity index (χ4n) is 3.11. The summed E-state index contributed by atoms with van der Waals surface area (Å²) >= 11 is 0. The molecule has 0 amide bonds. The minimum absolute atomic E-state index is 0.0544. The highest BCUT2D eigenvalue weighted by Crippen LogP contribution is 2.42. The first-order chi connectivity index (χ1) is 15.7. The van der Waals surface area contributed by atoms with Gasteiger partial charge in [-0.2, -0.15) is 0 Å². The summed E-state index contributed by atoms with van der Waals surface area (Å²) in [6.45, 7) is 8.41. The van der Waals surface area contributed by atoms with Gasteiger partial charge in [-0.3, -0.25) is 4.79 Å². The SMILES string of the molecule is COc1c(O)cc(O)c2c(=O)c(OCC=C(C)C)c(-c3ccc(OCC=C(C)C)cc3)oc12. The predicted octanol–water partition coefficient (Wildman–Crippen LogP) is 5.57. The van der Waals surface area contributed by atoms with Crippen LogP contribution in [0.15, 0.2) is 62.8 Å². The maximum atomic E-state index is 13.3. The zero-order valence-corrected chi connectivity index (χ0v) is 19.4. The highest BCUT2D eigenvalue weighted by molar-refractivity contribution is 5.93. The quantitative estimate of drug-likeness (QED) is 0.431. The molecule has 33 heavy (non-hydrogen) atoms. The molecule has 0 saturated carbocycles. The Morgan fingerprint density at radius 1 is 0.909 bits per heavy atom. The number of benzene rings is 2. The lowest BCUT2D eigenvalue weighted by Gasteiger charge is -2.14. The van der Waals surface area contributed by atoms with Crippen molar-refractivity contribution in [1.82, 2.24) is 0 Å². The number of ether oxygens (including phenoxy) is 3. The molecule has 0 bridgehead atoms. The Morgan fingerprint density at radius 3 is 2.09 bits per heavy atom. The van der Waals surface area contributed by atoms with Gasteiger partial charge in [0.1, 0.15) is 30.1 Å². The number of hydrogen-bond donors (Lipinski definition) is 2. The van der Waals surface area contributed by atoms with Gasteiger partial charge in [0.25, 0.3) is 0 Å². The third-order valence-corrected chi connectivity index (χ3v) is 4.82. The molecule has 174 valence electrons. The molecule has 1 aromatic heterocycles. The summed E-state index contributed by atoms with van der Waals surface area (Å²) in [7, 11) is 1.34. The monoisotopic (exact) mass is 452 g/mol. The molecule has 0 atom stereocenters. The molecule has 0 unspecified atom stereocenters. The van der Waals surface area contributed by atoms with E-state index >= 15 is 0 Å². The van der Waals surface area contributed by atoms with Crippen LogP contribution in [-0.2, 0) is 0 Å². The van der Waals surface area contributed by atoms with Crippen molar-refractivity contribution in [2.24, 2.45) is 0 Å². The van der Waals surface area contributed by atoms with E-state index in [9.17, 15) is 15.0 Å². The van der Waals surface area contributed by atoms with E-state index in [1.807, 2.05) is 39.8 Å². The molecule has 3 rings (SSSR count). The van der Waals surface area contributed by atoms with Gasteiger partial charge < -0.3 is 28.8 Å². The number of rotatable bonds is 8. The third kappa shape index (κ3) is 5.31. The van der Waals surface area contributed by atoms with E-state index in [-0.39, 0.29) is 40.6 Å². The van der Waals surface area contributed by atoms with E-state index in [1.54, 1.807) is 24.3 Å². The van der Waals surface area contributed by atoms with Crippen molar-refractivity contribution in [2.75, 3.05) is 20.3 Å². The van der Waals surface area contributed by atoms with Crippen LogP contribution in [0.3, 0.4) is 0 Å². The number of aromatic hydroxyl groups is 2. The van der Waals surface area contributed by atoms with Crippen LogP contribution >= 0.6 is 0 Å². The van der Waals surface area contributed by atoms with Crippen molar-refractivity contribution in [2.45, 2.75) is 27.7 Å². The lowest BCUT2D eigenvalue weighted by molar-refractivity contribution is 0.345. The van der Waals surface area contributed by atoms with Crippen molar-refractivity contribution in [1.29, 1.82) is 0 Å². The van der Waals surface area contributed by atoms with Crippen LogP contribution in [0.2, 0.25) is 0 Å². The van der Waals surface area contributed by atoms with Crippen molar-refractivity contribution >= 4 is 11.0 Å². The number of methoxy groups -OCH3 is 1. The first-order valence-corrected chi connectivity index (χ1v) is 10.5. The lowest BCUT2D eigenvalue weighted by atomic mass is 10.1. The minimum Gasteiger partial charge on any atom is -0.507 e. The van der Waals surface area contributed by atoms with Gasteiger partial charge in [-0.25, -0.2) is 0 Å². The molecule has 0 aliphatic carbocycles. The molecular weight excluding hydrogens is 424 g/mol. The van der Waals surface area contributed by atoms with Crippen molar-refractivity contribution in [3.63, 3.8) is 0 Å². The summed E-state index contributed by atoms with van der Waals surface area (Å²) in [5, 5.41) is 20.4. The maximum absolute atomic E-state index is 13.3. The molecule has 0 aliphatic heterocycles. The van der Waals surface area contributed by atoms with Crippen LogP contribution in [0.5, 0.6) is 28.7 Å². The third-order valence-electron chi connectivity index (χ3n) is 4.82. The van der Waals surface area contributed by atoms with Gasteiger partial charge in [-0.1, -0.05) is 11.1 Å². The first-order valence-electron chi connectivity index (χ1n) is 10.5. The summed E-state index contributed by atoms with van der Waals surface area (Å²) in [6.07, 6.45) is 3.79. The number of phenols is 2. The summed E-state index contributed by atoms with van der Waals surface area (Å²) in [5.41, 5.74) is 2.08. The summed E-state index contributed by atoms with van der Waals surface area (Å²) in [5.74, 6) is -0.0930. The standard InChI is InChI=1S/C26H28O7/c1-15(2)10-12-31-18-8-6-17(7-9-18)23-26(32-13-11-16(3)4)22(29)21-19(27)14-20(28)24(30-5)25(21)33-23/h6-11,14,27-28H,12-13H2,1-5H3. The number of phenolic OH excluding ortho intramolecular Hbond substituents is 2. The largest absolute Gasteiger partial charge is 0.507 e. The van der Waals surface area contributed by atoms with E-state index < -0.39 is 11.2 Å². The van der Waals surface area contributed by atoms with Crippen LogP contribution in [0.4, 0.5) is 0 Å². The average molecular weight is 453 g/mol. The minimum atomic E-state index is -0.576. The van der Waals surface area contributed by atoms with E-state index in [2.05, 4.69) is 0 Å². The molecule has 2 N–H and O–H groups in total. The molecule has 1 heterocycles. The normalized spacial score (nSPS) is 10.6. The summed E-state index contributed by atoms with van der Waals surface area (Å²) in [4.78, 5) is 13.3. The molecule has 0 aliphatic rings. The molecule has 0 saturated heterocycles. The van der Waals surface area contributed by atoms with Gasteiger partial charge in [0.15, 0.2) is 17.1 Å². The second kappa shape index (κ2) is 10.2. The van der Waals surface area contributed by atoms with Crippen molar-refractivity contribution in [3.8, 4) is 40.1 Å². The predicted molar refractivity (Wildman–Crippen MR) is 128 cm³/mol. The Hall–Kier alpha value is -3.87. The summed E-state index contributed by atoms with van der Waals surface area (Å²) in [6, 6.07) is 8.04. The Kier molecular flexibility index (Phi) is 7.33. The van der Waals surface area contributed by atoms with Gasteiger partial charge in [0.05, 0.1) is 7.11 Å². The van der Waals surface area contributed by atoms with E-state index in [4.69, 9.17) is 18.6 Å². The number of hydrogen-bond acceptors (Lipinski definition) is 7. The van der Waals surface area contributed by atoms with Crippen LogP contribution in [0.25, 0.3) is 22.3 Å². The highest BCUT2D eigenvalue weighted by Gasteiger charge is 2.24. The van der Waals surface area contributed by atoms with E-state index in [0.29, 0.717) is 17.9 Å². The van der Waals surface area contributed by atoms with Gasteiger partial charge in [0, 0.05) is 11.6 Å². The smallest absolute Gasteiger partial charge is 0.239 e. The lowest BCUT2D eigenvalue weighted by Crippen LogP contribution is -2.11. The zero-order valence-electron chi connectivity index (χ0n) is 19.4. The van der Waals surface area contributed by atoms with Crippen LogP contribution in [0, 0.1) is 0 Å². The molecule has 0 spiro atoms. The van der Waals surface area contributed by atoms with Gasteiger partial charge in [-0.05, 0) is 64.1 Å². The van der Waals surface area contributed by atoms with E-state index in [0.717, 1.165) is 17.2 Å². The van der Waals surface area contributed by atoms with Crippen molar-refractivity contribution in [3.05, 3.63) is 63.9 Å². The fourth-order valence-corrected chi connectivity index (χ4v) is 3.11. The molecule has 3 aromatic rings. The zero-order chi connectivity index (χ0) is 24.1. The van der Waals surface area contributed by atoms with E-state index in [1.165, 1.54) is 7.11 Å². The first kappa shape index (κ1) is 23.8. The molecule has 7 heteroatoms. The Bertz CT molecular complexity index is 1260. The molecule has 0 radical (unpaired) electrons. The highest BCUT2D eigenvalue weighted by atomic mass is 16.5. The molecule has 2 aromatic carbocycles. The second-order valence-electron chi connectivity index (χ2n) is 7.95. The Morgan fingerprint density at radius 2 is 1.52 bits per heavy atom. The maximum Gasteiger partial charge on any atom is 0.239 e. The molecular formula is C26H28O7. The average Bonchev–Trinajstić information content (AvgIpc) is 2.75. The van der Waals surface area contributed by atoms with Crippen LogP contribution < -0.4 is 19.6 Å².